The Labute approximate surface area is 109 Å². The second-order valence-electron chi connectivity index (χ2n) is 5.11. The van der Waals surface area contributed by atoms with Crippen LogP contribution in [0.5, 0.6) is 0 Å². The van der Waals surface area contributed by atoms with Crippen LogP contribution in [0.3, 0.4) is 0 Å². The van der Waals surface area contributed by atoms with E-state index in [1.807, 2.05) is 19.9 Å². The number of hydrogen-bond acceptors (Lipinski definition) is 4. The highest BCUT2D eigenvalue weighted by Crippen LogP contribution is 2.22. The molecule has 2 heterocycles. The Morgan fingerprint density at radius 2 is 2.06 bits per heavy atom. The number of rotatable bonds is 2. The molecule has 0 unspecified atom stereocenters. The van der Waals surface area contributed by atoms with Gasteiger partial charge in [0.25, 0.3) is 0 Å². The number of aromatic nitrogens is 1. The van der Waals surface area contributed by atoms with E-state index in [0.29, 0.717) is 11.6 Å². The molecule has 0 aromatic carbocycles. The second-order valence-corrected chi connectivity index (χ2v) is 5.11. The molecule has 1 aliphatic rings. The van der Waals surface area contributed by atoms with Gasteiger partial charge >= 0.3 is 0 Å². The number of nitrogens with zero attached hydrogens (tertiary/aromatic N) is 3. The number of likely N-dealkylation sites (tertiary alicyclic amines) is 1. The van der Waals surface area contributed by atoms with Gasteiger partial charge in [0.05, 0.1) is 16.9 Å². The number of pyridine rings is 1. The minimum atomic E-state index is 0.467. The molecular weight excluding hydrogens is 224 g/mol. The SMILES string of the molecule is Cc1cc(NC2CCN(C)CC2)c(C#N)c(C)n1. The molecule has 1 aromatic heterocycles. The van der Waals surface area contributed by atoms with E-state index < -0.39 is 0 Å². The highest BCUT2D eigenvalue weighted by atomic mass is 15.1. The molecule has 1 saturated heterocycles. The van der Waals surface area contributed by atoms with E-state index in [4.69, 9.17) is 0 Å². The van der Waals surface area contributed by atoms with Crippen LogP contribution in [-0.4, -0.2) is 36.1 Å². The smallest absolute Gasteiger partial charge is 0.103 e. The van der Waals surface area contributed by atoms with Crippen molar-refractivity contribution < 1.29 is 0 Å². The first-order valence-electron chi connectivity index (χ1n) is 6.43. The van der Waals surface area contributed by atoms with Crippen molar-refractivity contribution in [3.63, 3.8) is 0 Å². The summed E-state index contributed by atoms with van der Waals surface area (Å²) in [7, 11) is 2.15. The van der Waals surface area contributed by atoms with Crippen molar-refractivity contribution in [2.45, 2.75) is 32.7 Å². The van der Waals surface area contributed by atoms with Crippen molar-refractivity contribution in [2.75, 3.05) is 25.5 Å². The van der Waals surface area contributed by atoms with Crippen LogP contribution in [0.15, 0.2) is 6.07 Å². The Kier molecular flexibility index (Phi) is 3.83. The number of anilines is 1. The normalized spacial score (nSPS) is 17.4. The van der Waals surface area contributed by atoms with E-state index in [1.165, 1.54) is 0 Å². The van der Waals surface area contributed by atoms with Crippen molar-refractivity contribution >= 4 is 5.69 Å². The maximum Gasteiger partial charge on any atom is 0.103 e. The largest absolute Gasteiger partial charge is 0.381 e. The average molecular weight is 244 g/mol. The van der Waals surface area contributed by atoms with Gasteiger partial charge in [0.15, 0.2) is 0 Å². The topological polar surface area (TPSA) is 52.0 Å². The Morgan fingerprint density at radius 3 is 2.67 bits per heavy atom. The summed E-state index contributed by atoms with van der Waals surface area (Å²) in [4.78, 5) is 6.68. The molecule has 4 nitrogen and oxygen atoms in total. The first kappa shape index (κ1) is 12.8. The van der Waals surface area contributed by atoms with E-state index in [9.17, 15) is 5.26 Å². The molecular formula is C14H20N4. The van der Waals surface area contributed by atoms with Crippen LogP contribution < -0.4 is 5.32 Å². The number of hydrogen-bond donors (Lipinski definition) is 1. The quantitative estimate of drug-likeness (QED) is 0.865. The van der Waals surface area contributed by atoms with Crippen LogP contribution in [0, 0.1) is 25.2 Å². The standard InChI is InChI=1S/C14H20N4/c1-10-8-14(13(9-15)11(2)16-10)17-12-4-6-18(3)7-5-12/h8,12H,4-7H2,1-3H3,(H,16,17). The third-order valence-electron chi connectivity index (χ3n) is 3.52. The van der Waals surface area contributed by atoms with E-state index in [-0.39, 0.29) is 0 Å². The lowest BCUT2D eigenvalue weighted by Crippen LogP contribution is -2.36. The lowest BCUT2D eigenvalue weighted by atomic mass is 10.0. The maximum absolute atomic E-state index is 9.22. The Balaban J connectivity index is 2.16. The molecule has 0 aliphatic carbocycles. The van der Waals surface area contributed by atoms with Crippen molar-refractivity contribution in [2.24, 2.45) is 0 Å². The number of nitriles is 1. The molecule has 0 atom stereocenters. The molecule has 0 spiro atoms. The predicted octanol–water partition coefficient (Wildman–Crippen LogP) is 2.08. The molecule has 0 saturated carbocycles. The molecule has 18 heavy (non-hydrogen) atoms. The minimum Gasteiger partial charge on any atom is -0.381 e. The van der Waals surface area contributed by atoms with Gasteiger partial charge in [-0.3, -0.25) is 4.98 Å². The molecule has 96 valence electrons. The molecule has 1 fully saturated rings. The van der Waals surface area contributed by atoms with Crippen LogP contribution in [0.4, 0.5) is 5.69 Å². The van der Waals surface area contributed by atoms with Crippen LogP contribution in [-0.2, 0) is 0 Å². The monoisotopic (exact) mass is 244 g/mol. The molecule has 0 radical (unpaired) electrons. The van der Waals surface area contributed by atoms with Crippen molar-refractivity contribution in [3.05, 3.63) is 23.0 Å². The van der Waals surface area contributed by atoms with Gasteiger partial charge in [-0.25, -0.2) is 0 Å². The van der Waals surface area contributed by atoms with Gasteiger partial charge < -0.3 is 10.2 Å². The average Bonchev–Trinajstić information content (AvgIpc) is 2.32. The number of nitrogens with one attached hydrogen (secondary N) is 1. The molecule has 2 rings (SSSR count). The molecule has 1 N–H and O–H groups in total. The number of piperidine rings is 1. The summed E-state index contributed by atoms with van der Waals surface area (Å²) in [5.74, 6) is 0. The molecule has 1 aromatic rings. The fourth-order valence-electron chi connectivity index (χ4n) is 2.46. The van der Waals surface area contributed by atoms with E-state index in [1.54, 1.807) is 0 Å². The van der Waals surface area contributed by atoms with Gasteiger partial charge in [-0.05, 0) is 52.9 Å². The Morgan fingerprint density at radius 1 is 1.39 bits per heavy atom. The highest BCUT2D eigenvalue weighted by Gasteiger charge is 2.18. The lowest BCUT2D eigenvalue weighted by molar-refractivity contribution is 0.264. The molecule has 0 amide bonds. The zero-order valence-electron chi connectivity index (χ0n) is 11.3. The van der Waals surface area contributed by atoms with Gasteiger partial charge in [0.2, 0.25) is 0 Å². The van der Waals surface area contributed by atoms with Crippen LogP contribution in [0.25, 0.3) is 0 Å². The van der Waals surface area contributed by atoms with Gasteiger partial charge in [0, 0.05) is 11.7 Å². The first-order valence-corrected chi connectivity index (χ1v) is 6.43. The predicted molar refractivity (Wildman–Crippen MR) is 72.6 cm³/mol. The van der Waals surface area contributed by atoms with Gasteiger partial charge in [-0.15, -0.1) is 0 Å². The summed E-state index contributed by atoms with van der Waals surface area (Å²) < 4.78 is 0. The summed E-state index contributed by atoms with van der Waals surface area (Å²) in [6.07, 6.45) is 2.25. The highest BCUT2D eigenvalue weighted by molar-refractivity contribution is 5.60. The van der Waals surface area contributed by atoms with E-state index in [2.05, 4.69) is 28.3 Å². The number of aryl methyl sites for hydroxylation is 2. The molecule has 4 heteroatoms. The second kappa shape index (κ2) is 5.36. The minimum absolute atomic E-state index is 0.467. The third-order valence-corrected chi connectivity index (χ3v) is 3.52. The fraction of sp³-hybridized carbons (Fsp3) is 0.571. The van der Waals surface area contributed by atoms with Crippen molar-refractivity contribution in [3.8, 4) is 6.07 Å². The first-order chi connectivity index (χ1) is 8.60. The third kappa shape index (κ3) is 2.80. The van der Waals surface area contributed by atoms with Crippen LogP contribution in [0.2, 0.25) is 0 Å². The van der Waals surface area contributed by atoms with Crippen molar-refractivity contribution in [1.29, 1.82) is 5.26 Å². The maximum atomic E-state index is 9.22. The summed E-state index contributed by atoms with van der Waals surface area (Å²) in [5.41, 5.74) is 3.39. The Bertz CT molecular complexity index is 467. The van der Waals surface area contributed by atoms with Gasteiger partial charge in [0.1, 0.15) is 6.07 Å². The summed E-state index contributed by atoms with van der Waals surface area (Å²) in [6.45, 7) is 6.09. The summed E-state index contributed by atoms with van der Waals surface area (Å²) >= 11 is 0. The van der Waals surface area contributed by atoms with E-state index in [0.717, 1.165) is 43.0 Å². The van der Waals surface area contributed by atoms with Gasteiger partial charge in [-0.2, -0.15) is 5.26 Å². The van der Waals surface area contributed by atoms with Crippen molar-refractivity contribution in [1.82, 2.24) is 9.88 Å². The van der Waals surface area contributed by atoms with Crippen LogP contribution >= 0.6 is 0 Å². The zero-order valence-corrected chi connectivity index (χ0v) is 11.3. The molecule has 1 aliphatic heterocycles. The van der Waals surface area contributed by atoms with Crippen LogP contribution in [0.1, 0.15) is 29.8 Å². The summed E-state index contributed by atoms with van der Waals surface area (Å²) in [6, 6.07) is 4.70. The zero-order chi connectivity index (χ0) is 13.1. The summed E-state index contributed by atoms with van der Waals surface area (Å²) in [5, 5.41) is 12.7. The van der Waals surface area contributed by atoms with E-state index >= 15 is 0 Å². The Hall–Kier alpha value is -1.60. The van der Waals surface area contributed by atoms with Gasteiger partial charge in [-0.1, -0.05) is 0 Å². The molecule has 0 bridgehead atoms. The lowest BCUT2D eigenvalue weighted by Gasteiger charge is -2.30. The fourth-order valence-corrected chi connectivity index (χ4v) is 2.46.